The molecule has 2 nitrogen and oxygen atoms in total. The van der Waals surface area contributed by atoms with Gasteiger partial charge in [-0.1, -0.05) is 29.8 Å². The molecule has 12 heavy (non-hydrogen) atoms. The Hall–Kier alpha value is -1.44. The van der Waals surface area contributed by atoms with Crippen LogP contribution in [0.5, 0.6) is 0 Å². The Morgan fingerprint density at radius 3 is 2.50 bits per heavy atom. The number of azo groups is 1. The van der Waals surface area contributed by atoms with Crippen molar-refractivity contribution in [3.8, 4) is 0 Å². The van der Waals surface area contributed by atoms with Crippen molar-refractivity contribution in [2.24, 2.45) is 10.2 Å². The largest absolute Gasteiger partial charge is 0.184 e. The minimum Gasteiger partial charge on any atom is -0.184 e. The molecule has 1 aliphatic heterocycles. The van der Waals surface area contributed by atoms with E-state index < -0.39 is 0 Å². The summed E-state index contributed by atoms with van der Waals surface area (Å²) in [6.45, 7) is 2.80. The highest BCUT2D eigenvalue weighted by atomic mass is 15.1. The molecule has 0 radical (unpaired) electrons. The number of hydrogen-bond acceptors (Lipinski definition) is 2. The van der Waals surface area contributed by atoms with E-state index in [0.29, 0.717) is 0 Å². The number of hydrogen-bond donors (Lipinski definition) is 0. The van der Waals surface area contributed by atoms with Gasteiger partial charge in [-0.15, -0.1) is 0 Å². The lowest BCUT2D eigenvalue weighted by molar-refractivity contribution is 1.14. The van der Waals surface area contributed by atoms with E-state index in [9.17, 15) is 0 Å². The molecule has 1 aromatic rings. The Morgan fingerprint density at radius 1 is 1.17 bits per heavy atom. The highest BCUT2D eigenvalue weighted by Gasteiger charge is 2.02. The molecule has 1 heterocycles. The predicted octanol–water partition coefficient (Wildman–Crippen LogP) is 2.80. The van der Waals surface area contributed by atoms with E-state index in [0.717, 1.165) is 17.8 Å². The Morgan fingerprint density at radius 2 is 1.92 bits per heavy atom. The number of rotatable bonds is 1. The first kappa shape index (κ1) is 7.22. The van der Waals surface area contributed by atoms with Gasteiger partial charge in [0.2, 0.25) is 0 Å². The third-order valence-corrected chi connectivity index (χ3v) is 1.89. The number of aryl methyl sites for hydroxylation is 1. The molecular formula is C10H10N2. The van der Waals surface area contributed by atoms with Crippen LogP contribution in [0.3, 0.4) is 0 Å². The van der Waals surface area contributed by atoms with Crippen LogP contribution in [-0.4, -0.2) is 6.54 Å². The molecule has 0 saturated heterocycles. The van der Waals surface area contributed by atoms with Crippen molar-refractivity contribution in [3.63, 3.8) is 0 Å². The van der Waals surface area contributed by atoms with Crippen LogP contribution in [0.25, 0.3) is 5.70 Å². The summed E-state index contributed by atoms with van der Waals surface area (Å²) in [7, 11) is 0. The van der Waals surface area contributed by atoms with Gasteiger partial charge in [0.15, 0.2) is 0 Å². The molecule has 0 atom stereocenters. The van der Waals surface area contributed by atoms with Gasteiger partial charge >= 0.3 is 0 Å². The normalized spacial score (nSPS) is 14.9. The highest BCUT2D eigenvalue weighted by Crippen LogP contribution is 2.19. The van der Waals surface area contributed by atoms with Crippen molar-refractivity contribution in [1.82, 2.24) is 0 Å². The van der Waals surface area contributed by atoms with Crippen LogP contribution in [0.1, 0.15) is 11.1 Å². The first-order valence-electron chi connectivity index (χ1n) is 4.01. The van der Waals surface area contributed by atoms with E-state index in [-0.39, 0.29) is 0 Å². The van der Waals surface area contributed by atoms with E-state index in [1.54, 1.807) is 0 Å². The van der Waals surface area contributed by atoms with Crippen molar-refractivity contribution < 1.29 is 0 Å². The molecule has 2 heteroatoms. The molecule has 1 aliphatic rings. The lowest BCUT2D eigenvalue weighted by atomic mass is 10.1. The Kier molecular flexibility index (Phi) is 1.74. The minimum absolute atomic E-state index is 0.725. The first-order chi connectivity index (χ1) is 5.86. The van der Waals surface area contributed by atoms with Crippen molar-refractivity contribution in [2.75, 3.05) is 6.54 Å². The molecule has 60 valence electrons. The standard InChI is InChI=1S/C10H10N2/c1-8-2-4-9(5-3-8)10-6-7-11-12-10/h2-6H,7H2,1H3. The zero-order chi connectivity index (χ0) is 8.39. The van der Waals surface area contributed by atoms with E-state index in [4.69, 9.17) is 0 Å². The van der Waals surface area contributed by atoms with E-state index in [2.05, 4.69) is 41.4 Å². The third kappa shape index (κ3) is 1.28. The van der Waals surface area contributed by atoms with Gasteiger partial charge in [-0.25, -0.2) is 0 Å². The van der Waals surface area contributed by atoms with Gasteiger partial charge in [0, 0.05) is 5.56 Å². The van der Waals surface area contributed by atoms with Crippen LogP contribution in [0.4, 0.5) is 0 Å². The Balaban J connectivity index is 2.35. The fraction of sp³-hybridized carbons (Fsp3) is 0.200. The van der Waals surface area contributed by atoms with Crippen LogP contribution >= 0.6 is 0 Å². The van der Waals surface area contributed by atoms with Gasteiger partial charge in [0.05, 0.1) is 12.2 Å². The van der Waals surface area contributed by atoms with Crippen LogP contribution in [0.2, 0.25) is 0 Å². The topological polar surface area (TPSA) is 24.7 Å². The van der Waals surface area contributed by atoms with Crippen LogP contribution < -0.4 is 0 Å². The smallest absolute Gasteiger partial charge is 0.0904 e. The molecular weight excluding hydrogens is 148 g/mol. The predicted molar refractivity (Wildman–Crippen MR) is 48.9 cm³/mol. The second kappa shape index (κ2) is 2.89. The van der Waals surface area contributed by atoms with E-state index in [1.807, 2.05) is 6.08 Å². The zero-order valence-corrected chi connectivity index (χ0v) is 6.99. The van der Waals surface area contributed by atoms with E-state index in [1.165, 1.54) is 5.56 Å². The maximum atomic E-state index is 4.02. The molecule has 1 aromatic carbocycles. The van der Waals surface area contributed by atoms with Crippen LogP contribution in [0, 0.1) is 6.92 Å². The molecule has 0 unspecified atom stereocenters. The summed E-state index contributed by atoms with van der Waals surface area (Å²) in [5, 5.41) is 7.92. The van der Waals surface area contributed by atoms with Crippen LogP contribution in [-0.2, 0) is 0 Å². The van der Waals surface area contributed by atoms with Crippen LogP contribution in [0.15, 0.2) is 40.6 Å². The average molecular weight is 158 g/mol. The maximum Gasteiger partial charge on any atom is 0.0904 e. The molecule has 0 aliphatic carbocycles. The molecule has 0 fully saturated rings. The molecule has 0 saturated carbocycles. The van der Waals surface area contributed by atoms with Crippen molar-refractivity contribution in [2.45, 2.75) is 6.92 Å². The van der Waals surface area contributed by atoms with Crippen molar-refractivity contribution in [3.05, 3.63) is 41.5 Å². The summed E-state index contributed by atoms with van der Waals surface area (Å²) >= 11 is 0. The van der Waals surface area contributed by atoms with Gasteiger partial charge in [-0.3, -0.25) is 0 Å². The van der Waals surface area contributed by atoms with E-state index >= 15 is 0 Å². The zero-order valence-electron chi connectivity index (χ0n) is 6.99. The maximum absolute atomic E-state index is 4.02. The third-order valence-electron chi connectivity index (χ3n) is 1.89. The Labute approximate surface area is 71.6 Å². The summed E-state index contributed by atoms with van der Waals surface area (Å²) in [4.78, 5) is 0. The van der Waals surface area contributed by atoms with Crippen molar-refractivity contribution >= 4 is 5.70 Å². The highest BCUT2D eigenvalue weighted by molar-refractivity contribution is 5.65. The van der Waals surface area contributed by atoms with Gasteiger partial charge in [-0.05, 0) is 13.0 Å². The summed E-state index contributed by atoms with van der Waals surface area (Å²) in [5.74, 6) is 0. The second-order valence-electron chi connectivity index (χ2n) is 2.88. The average Bonchev–Trinajstić information content (AvgIpc) is 2.58. The Bertz CT molecular complexity index is 333. The lowest BCUT2D eigenvalue weighted by Gasteiger charge is -1.97. The summed E-state index contributed by atoms with van der Waals surface area (Å²) in [6, 6.07) is 8.32. The molecule has 0 amide bonds. The molecule has 0 aromatic heterocycles. The second-order valence-corrected chi connectivity index (χ2v) is 2.88. The first-order valence-corrected chi connectivity index (χ1v) is 4.01. The molecule has 0 spiro atoms. The van der Waals surface area contributed by atoms with Crippen molar-refractivity contribution in [1.29, 1.82) is 0 Å². The fourth-order valence-corrected chi connectivity index (χ4v) is 1.19. The number of benzene rings is 1. The SMILES string of the molecule is Cc1ccc(C2=CCN=N2)cc1. The fourth-order valence-electron chi connectivity index (χ4n) is 1.19. The lowest BCUT2D eigenvalue weighted by Crippen LogP contribution is -1.78. The molecule has 0 N–H and O–H groups in total. The monoisotopic (exact) mass is 158 g/mol. The summed E-state index contributed by atoms with van der Waals surface area (Å²) < 4.78 is 0. The van der Waals surface area contributed by atoms with Gasteiger partial charge in [0.25, 0.3) is 0 Å². The van der Waals surface area contributed by atoms with Gasteiger partial charge in [-0.2, -0.15) is 10.2 Å². The minimum atomic E-state index is 0.725. The molecule has 2 rings (SSSR count). The summed E-state index contributed by atoms with van der Waals surface area (Å²) in [5.41, 5.74) is 3.42. The number of nitrogens with zero attached hydrogens (tertiary/aromatic N) is 2. The molecule has 0 bridgehead atoms. The summed E-state index contributed by atoms with van der Waals surface area (Å²) in [6.07, 6.45) is 2.03. The van der Waals surface area contributed by atoms with Gasteiger partial charge < -0.3 is 0 Å². The quantitative estimate of drug-likeness (QED) is 0.600. The van der Waals surface area contributed by atoms with Gasteiger partial charge in [0.1, 0.15) is 0 Å².